The Balaban J connectivity index is 2.77. The molecule has 0 aliphatic heterocycles. The van der Waals surface area contributed by atoms with Gasteiger partial charge in [-0.15, -0.1) is 11.3 Å². The maximum atomic E-state index is 4.49. The summed E-state index contributed by atoms with van der Waals surface area (Å²) in [5.74, 6) is 0. The molecule has 0 atom stereocenters. The van der Waals surface area contributed by atoms with E-state index in [-0.39, 0.29) is 0 Å². The molecule has 0 saturated heterocycles. The van der Waals surface area contributed by atoms with E-state index < -0.39 is 0 Å². The lowest BCUT2D eigenvalue weighted by atomic mass is 10.3. The number of aryl methyl sites for hydroxylation is 3. The maximum absolute atomic E-state index is 4.49. The Bertz CT molecular complexity index is 227. The fraction of sp³-hybridized carbons (Fsp3) is 0.667. The molecule has 0 radical (unpaired) electrons. The lowest BCUT2D eigenvalue weighted by Gasteiger charge is -1.86. The number of aromatic nitrogens is 1. The molecule has 0 aliphatic carbocycles. The van der Waals surface area contributed by atoms with Crippen LogP contribution in [0, 0.1) is 6.92 Å². The molecule has 0 unspecified atom stereocenters. The van der Waals surface area contributed by atoms with Gasteiger partial charge in [0.1, 0.15) is 0 Å². The van der Waals surface area contributed by atoms with Crippen LogP contribution in [0.1, 0.15) is 35.8 Å². The highest BCUT2D eigenvalue weighted by atomic mass is 32.1. The molecule has 1 aromatic heterocycles. The van der Waals surface area contributed by atoms with Crippen LogP contribution in [-0.4, -0.2) is 4.98 Å². The van der Waals surface area contributed by atoms with Crippen molar-refractivity contribution in [3.63, 3.8) is 0 Å². The largest absolute Gasteiger partial charge is 0.246 e. The molecule has 1 aromatic rings. The van der Waals surface area contributed by atoms with Gasteiger partial charge in [-0.1, -0.05) is 13.8 Å². The van der Waals surface area contributed by atoms with Crippen molar-refractivity contribution in [2.75, 3.05) is 0 Å². The topological polar surface area (TPSA) is 12.9 Å². The third-order valence-corrected chi connectivity index (χ3v) is 3.08. The summed E-state index contributed by atoms with van der Waals surface area (Å²) in [6, 6.07) is 0. The average Bonchev–Trinajstić information content (AvgIpc) is 2.32. The first kappa shape index (κ1) is 8.72. The van der Waals surface area contributed by atoms with E-state index >= 15 is 0 Å². The second kappa shape index (κ2) is 3.86. The molecule has 1 nitrogen and oxygen atoms in total. The zero-order chi connectivity index (χ0) is 8.27. The summed E-state index contributed by atoms with van der Waals surface area (Å²) in [6.45, 7) is 6.49. The highest BCUT2D eigenvalue weighted by Crippen LogP contribution is 2.19. The summed E-state index contributed by atoms with van der Waals surface area (Å²) >= 11 is 1.87. The molecule has 62 valence electrons. The van der Waals surface area contributed by atoms with Crippen LogP contribution in [-0.2, 0) is 12.8 Å². The molecule has 0 aliphatic rings. The minimum atomic E-state index is 1.13. The number of hydrogen-bond donors (Lipinski definition) is 0. The van der Waals surface area contributed by atoms with E-state index in [9.17, 15) is 0 Å². The molecule has 0 amide bonds. The van der Waals surface area contributed by atoms with Gasteiger partial charge in [-0.05, 0) is 26.2 Å². The van der Waals surface area contributed by atoms with E-state index in [1.165, 1.54) is 22.0 Å². The Morgan fingerprint density at radius 2 is 2.09 bits per heavy atom. The van der Waals surface area contributed by atoms with Gasteiger partial charge in [-0.3, -0.25) is 0 Å². The van der Waals surface area contributed by atoms with Crippen molar-refractivity contribution in [3.05, 3.63) is 15.6 Å². The molecule has 0 bridgehead atoms. The van der Waals surface area contributed by atoms with Gasteiger partial charge in [0.15, 0.2) is 0 Å². The van der Waals surface area contributed by atoms with Crippen LogP contribution in [0.2, 0.25) is 0 Å². The molecular formula is C9H15NS. The lowest BCUT2D eigenvalue weighted by Crippen LogP contribution is -1.81. The van der Waals surface area contributed by atoms with Gasteiger partial charge in [-0.2, -0.15) is 0 Å². The van der Waals surface area contributed by atoms with E-state index in [4.69, 9.17) is 0 Å². The van der Waals surface area contributed by atoms with Crippen molar-refractivity contribution in [1.82, 2.24) is 4.98 Å². The first-order valence-corrected chi connectivity index (χ1v) is 5.04. The Hall–Kier alpha value is -0.370. The van der Waals surface area contributed by atoms with Crippen LogP contribution in [0.25, 0.3) is 0 Å². The molecule has 1 rings (SSSR count). The molecule has 0 fully saturated rings. The molecule has 0 spiro atoms. The molecule has 11 heavy (non-hydrogen) atoms. The summed E-state index contributed by atoms with van der Waals surface area (Å²) in [7, 11) is 0. The first-order chi connectivity index (χ1) is 5.27. The van der Waals surface area contributed by atoms with Gasteiger partial charge in [-0.25, -0.2) is 4.98 Å². The highest BCUT2D eigenvalue weighted by Gasteiger charge is 2.03. The van der Waals surface area contributed by atoms with Gasteiger partial charge >= 0.3 is 0 Å². The van der Waals surface area contributed by atoms with Crippen LogP contribution in [0.5, 0.6) is 0 Å². The van der Waals surface area contributed by atoms with E-state index in [1.807, 2.05) is 11.3 Å². The Kier molecular flexibility index (Phi) is 3.06. The summed E-state index contributed by atoms with van der Waals surface area (Å²) in [6.07, 6.45) is 3.48. The summed E-state index contributed by atoms with van der Waals surface area (Å²) in [5.41, 5.74) is 1.24. The van der Waals surface area contributed by atoms with Gasteiger partial charge in [0.25, 0.3) is 0 Å². The fourth-order valence-electron chi connectivity index (χ4n) is 1.14. The van der Waals surface area contributed by atoms with Crippen molar-refractivity contribution >= 4 is 11.3 Å². The predicted molar refractivity (Wildman–Crippen MR) is 50.2 cm³/mol. The molecule has 0 saturated carbocycles. The Labute approximate surface area is 72.5 Å². The van der Waals surface area contributed by atoms with Crippen molar-refractivity contribution < 1.29 is 0 Å². The van der Waals surface area contributed by atoms with E-state index in [0.29, 0.717) is 0 Å². The molecular weight excluding hydrogens is 154 g/mol. The van der Waals surface area contributed by atoms with Crippen LogP contribution < -0.4 is 0 Å². The zero-order valence-electron chi connectivity index (χ0n) is 7.48. The molecule has 0 aromatic carbocycles. The second-order valence-electron chi connectivity index (χ2n) is 2.72. The second-order valence-corrected chi connectivity index (χ2v) is 3.89. The van der Waals surface area contributed by atoms with Crippen molar-refractivity contribution in [3.8, 4) is 0 Å². The Morgan fingerprint density at radius 1 is 1.36 bits per heavy atom. The predicted octanol–water partition coefficient (Wildman–Crippen LogP) is 2.97. The Morgan fingerprint density at radius 3 is 2.55 bits per heavy atom. The molecule has 1 heterocycles. The van der Waals surface area contributed by atoms with Crippen LogP contribution in [0.4, 0.5) is 0 Å². The third kappa shape index (κ3) is 2.03. The summed E-state index contributed by atoms with van der Waals surface area (Å²) < 4.78 is 0. The number of thiazole rings is 1. The first-order valence-electron chi connectivity index (χ1n) is 4.23. The van der Waals surface area contributed by atoms with Crippen LogP contribution >= 0.6 is 11.3 Å². The zero-order valence-corrected chi connectivity index (χ0v) is 8.29. The van der Waals surface area contributed by atoms with Gasteiger partial charge < -0.3 is 0 Å². The summed E-state index contributed by atoms with van der Waals surface area (Å²) in [5, 5.41) is 1.31. The molecule has 0 N–H and O–H groups in total. The quantitative estimate of drug-likeness (QED) is 0.678. The van der Waals surface area contributed by atoms with Gasteiger partial charge in [0, 0.05) is 4.88 Å². The van der Waals surface area contributed by atoms with Crippen LogP contribution in [0.3, 0.4) is 0 Å². The smallest absolute Gasteiger partial charge is 0.0930 e. The van der Waals surface area contributed by atoms with E-state index in [2.05, 4.69) is 25.8 Å². The van der Waals surface area contributed by atoms with Crippen molar-refractivity contribution in [1.29, 1.82) is 0 Å². The molecule has 2 heteroatoms. The monoisotopic (exact) mass is 169 g/mol. The minimum Gasteiger partial charge on any atom is -0.246 e. The summed E-state index contributed by atoms with van der Waals surface area (Å²) in [4.78, 5) is 5.94. The van der Waals surface area contributed by atoms with Gasteiger partial charge in [0.05, 0.1) is 10.7 Å². The van der Waals surface area contributed by atoms with Crippen molar-refractivity contribution in [2.45, 2.75) is 40.0 Å². The normalized spacial score (nSPS) is 10.5. The van der Waals surface area contributed by atoms with Crippen molar-refractivity contribution in [2.24, 2.45) is 0 Å². The minimum absolute atomic E-state index is 1.13. The van der Waals surface area contributed by atoms with Crippen LogP contribution in [0.15, 0.2) is 0 Å². The lowest BCUT2D eigenvalue weighted by molar-refractivity contribution is 0.902. The third-order valence-electron chi connectivity index (χ3n) is 1.72. The number of nitrogens with zero attached hydrogens (tertiary/aromatic N) is 1. The number of hydrogen-bond acceptors (Lipinski definition) is 2. The fourth-order valence-corrected chi connectivity index (χ4v) is 2.25. The van der Waals surface area contributed by atoms with Gasteiger partial charge in [0.2, 0.25) is 0 Å². The number of rotatable bonds is 3. The maximum Gasteiger partial charge on any atom is 0.0930 e. The van der Waals surface area contributed by atoms with E-state index in [1.54, 1.807) is 0 Å². The highest BCUT2D eigenvalue weighted by molar-refractivity contribution is 7.11. The SMILES string of the molecule is CCCc1nc(C)c(CC)s1. The van der Waals surface area contributed by atoms with E-state index in [0.717, 1.165) is 12.8 Å². The average molecular weight is 169 g/mol. The standard InChI is InChI=1S/C9H15NS/c1-4-6-9-10-7(3)8(5-2)11-9/h4-6H2,1-3H3.